The number of fused-ring (bicyclic) bond motifs is 5. The molecule has 29 heavy (non-hydrogen) atoms. The highest BCUT2D eigenvalue weighted by Crippen LogP contribution is 2.67. The second-order valence-electron chi connectivity index (χ2n) is 10.4. The Hall–Kier alpha value is -1.46. The van der Waals surface area contributed by atoms with E-state index < -0.39 is 18.2 Å². The number of hydrogen-bond acceptors (Lipinski definition) is 4. The second-order valence-corrected chi connectivity index (χ2v) is 10.4. The highest BCUT2D eigenvalue weighted by atomic mass is 16.4. The summed E-state index contributed by atoms with van der Waals surface area (Å²) in [6.45, 7) is 6.34. The molecule has 0 bridgehead atoms. The van der Waals surface area contributed by atoms with Gasteiger partial charge in [-0.15, -0.1) is 0 Å². The summed E-state index contributed by atoms with van der Waals surface area (Å²) in [6, 6.07) is 0. The van der Waals surface area contributed by atoms with Gasteiger partial charge in [-0.3, -0.25) is 9.59 Å². The number of carbonyl (C=O) groups excluding carboxylic acids is 1. The Kier molecular flexibility index (Phi) is 5.06. The van der Waals surface area contributed by atoms with Crippen molar-refractivity contribution in [2.75, 3.05) is 0 Å². The summed E-state index contributed by atoms with van der Waals surface area (Å²) in [6.07, 6.45) is 8.56. The van der Waals surface area contributed by atoms with E-state index in [-0.39, 0.29) is 34.9 Å². The van der Waals surface area contributed by atoms with Crippen molar-refractivity contribution in [3.05, 3.63) is 23.8 Å². The lowest BCUT2D eigenvalue weighted by Crippen LogP contribution is -2.57. The molecule has 0 aromatic carbocycles. The van der Waals surface area contributed by atoms with Crippen molar-refractivity contribution in [2.45, 2.75) is 71.5 Å². The van der Waals surface area contributed by atoms with Crippen molar-refractivity contribution in [1.82, 2.24) is 0 Å². The van der Waals surface area contributed by atoms with Crippen molar-refractivity contribution in [2.24, 2.45) is 40.4 Å². The largest absolute Gasteiger partial charge is 0.481 e. The molecule has 0 heterocycles. The van der Waals surface area contributed by atoms with E-state index in [0.717, 1.165) is 25.7 Å². The summed E-state index contributed by atoms with van der Waals surface area (Å²) in [5.74, 6) is 0.214. The first kappa shape index (κ1) is 20.8. The van der Waals surface area contributed by atoms with E-state index in [4.69, 9.17) is 5.11 Å². The molecule has 0 aliphatic heterocycles. The third-order valence-corrected chi connectivity index (χ3v) is 9.36. The number of carbonyl (C=O) groups is 2. The van der Waals surface area contributed by atoms with Crippen LogP contribution in [0.25, 0.3) is 0 Å². The maximum Gasteiger partial charge on any atom is 0.305 e. The average molecular weight is 403 g/mol. The van der Waals surface area contributed by atoms with Crippen LogP contribution in [-0.4, -0.2) is 39.3 Å². The van der Waals surface area contributed by atoms with Gasteiger partial charge in [0, 0.05) is 5.41 Å². The molecule has 5 heteroatoms. The summed E-state index contributed by atoms with van der Waals surface area (Å²) < 4.78 is 0. The summed E-state index contributed by atoms with van der Waals surface area (Å²) >= 11 is 0. The number of hydrogen-bond donors (Lipinski definition) is 3. The van der Waals surface area contributed by atoms with E-state index in [0.29, 0.717) is 24.2 Å². The molecule has 9 unspecified atom stereocenters. The molecule has 160 valence electrons. The number of aliphatic carboxylic acids is 1. The standard InChI is InChI=1S/C24H34O5/c1-13(20(26)12-22(28)29)17-6-7-18-16-5-4-14-10-15(25)8-9-23(14,2)19(16)11-21(27)24(17,18)3/h8-10,13,16-21,26-27H,4-7,11-12H2,1-3H3,(H,28,29). The quantitative estimate of drug-likeness (QED) is 0.670. The number of ketones is 1. The van der Waals surface area contributed by atoms with Crippen LogP contribution >= 0.6 is 0 Å². The highest BCUT2D eigenvalue weighted by molar-refractivity contribution is 6.01. The second kappa shape index (κ2) is 7.05. The van der Waals surface area contributed by atoms with Crippen LogP contribution in [-0.2, 0) is 9.59 Å². The minimum absolute atomic E-state index is 0.0688. The molecule has 4 rings (SSSR count). The lowest BCUT2D eigenvalue weighted by atomic mass is 9.46. The van der Waals surface area contributed by atoms with E-state index in [1.165, 1.54) is 5.57 Å². The number of carboxylic acid groups (broad SMARTS) is 1. The summed E-state index contributed by atoms with van der Waals surface area (Å²) in [4.78, 5) is 23.0. The fraction of sp³-hybridized carbons (Fsp3) is 0.750. The van der Waals surface area contributed by atoms with E-state index in [9.17, 15) is 19.8 Å². The molecule has 0 saturated heterocycles. The molecule has 4 aliphatic carbocycles. The van der Waals surface area contributed by atoms with Gasteiger partial charge in [0.2, 0.25) is 0 Å². The summed E-state index contributed by atoms with van der Waals surface area (Å²) in [5.41, 5.74) is 0.749. The van der Waals surface area contributed by atoms with Crippen LogP contribution in [0.1, 0.15) is 59.3 Å². The zero-order valence-electron chi connectivity index (χ0n) is 17.7. The SMILES string of the molecule is CC(C(O)CC(=O)O)C1CCC2C3CCC4=CC(=O)C=CC4(C)C3CC(O)C12C. The first-order chi connectivity index (χ1) is 13.6. The number of rotatable bonds is 4. The molecular formula is C24H34O5. The number of aliphatic hydroxyl groups excluding tert-OH is 2. The van der Waals surface area contributed by atoms with Gasteiger partial charge in [0.05, 0.1) is 18.6 Å². The first-order valence-corrected chi connectivity index (χ1v) is 11.1. The van der Waals surface area contributed by atoms with Gasteiger partial charge in [-0.25, -0.2) is 0 Å². The van der Waals surface area contributed by atoms with Crippen LogP contribution in [0.2, 0.25) is 0 Å². The number of allylic oxidation sites excluding steroid dienone is 4. The van der Waals surface area contributed by atoms with Crippen molar-refractivity contribution in [3.8, 4) is 0 Å². The minimum Gasteiger partial charge on any atom is -0.481 e. The van der Waals surface area contributed by atoms with Crippen LogP contribution in [0.15, 0.2) is 23.8 Å². The smallest absolute Gasteiger partial charge is 0.305 e. The Morgan fingerprint density at radius 3 is 2.66 bits per heavy atom. The topological polar surface area (TPSA) is 94.8 Å². The molecule has 0 aromatic heterocycles. The Balaban J connectivity index is 1.62. The molecule has 9 atom stereocenters. The number of carboxylic acids is 1. The molecule has 3 saturated carbocycles. The first-order valence-electron chi connectivity index (χ1n) is 11.1. The molecule has 3 N–H and O–H groups in total. The Morgan fingerprint density at radius 2 is 1.97 bits per heavy atom. The molecule has 5 nitrogen and oxygen atoms in total. The van der Waals surface area contributed by atoms with Gasteiger partial charge in [-0.05, 0) is 79.3 Å². The average Bonchev–Trinajstić information content (AvgIpc) is 3.01. The van der Waals surface area contributed by atoms with Gasteiger partial charge in [0.1, 0.15) is 0 Å². The number of aliphatic hydroxyl groups is 2. The van der Waals surface area contributed by atoms with Crippen LogP contribution in [0.5, 0.6) is 0 Å². The normalized spacial score (nSPS) is 45.6. The molecule has 3 fully saturated rings. The van der Waals surface area contributed by atoms with Gasteiger partial charge in [0.25, 0.3) is 0 Å². The van der Waals surface area contributed by atoms with E-state index in [1.807, 2.05) is 6.92 Å². The van der Waals surface area contributed by atoms with Gasteiger partial charge in [0.15, 0.2) is 5.78 Å². The fourth-order valence-corrected chi connectivity index (χ4v) is 7.69. The van der Waals surface area contributed by atoms with Gasteiger partial charge >= 0.3 is 5.97 Å². The maximum absolute atomic E-state index is 11.9. The van der Waals surface area contributed by atoms with Crippen LogP contribution in [0, 0.1) is 40.4 Å². The predicted molar refractivity (Wildman–Crippen MR) is 109 cm³/mol. The zero-order chi connectivity index (χ0) is 21.1. The Morgan fingerprint density at radius 1 is 1.24 bits per heavy atom. The summed E-state index contributed by atoms with van der Waals surface area (Å²) in [5, 5.41) is 31.0. The third-order valence-electron chi connectivity index (χ3n) is 9.36. The lowest BCUT2D eigenvalue weighted by molar-refractivity contribution is -0.146. The van der Waals surface area contributed by atoms with E-state index in [1.54, 1.807) is 12.2 Å². The van der Waals surface area contributed by atoms with Crippen molar-refractivity contribution in [1.29, 1.82) is 0 Å². The van der Waals surface area contributed by atoms with Crippen LogP contribution < -0.4 is 0 Å². The highest BCUT2D eigenvalue weighted by Gasteiger charge is 2.63. The molecular weight excluding hydrogens is 368 g/mol. The predicted octanol–water partition coefficient (Wildman–Crippen LogP) is 3.35. The van der Waals surface area contributed by atoms with Gasteiger partial charge in [-0.2, -0.15) is 0 Å². The minimum atomic E-state index is -0.980. The molecule has 0 aromatic rings. The Bertz CT molecular complexity index is 769. The van der Waals surface area contributed by atoms with Crippen molar-refractivity contribution < 1.29 is 24.9 Å². The fourth-order valence-electron chi connectivity index (χ4n) is 7.69. The van der Waals surface area contributed by atoms with Crippen LogP contribution in [0.3, 0.4) is 0 Å². The van der Waals surface area contributed by atoms with Gasteiger partial charge < -0.3 is 15.3 Å². The molecule has 0 spiro atoms. The van der Waals surface area contributed by atoms with E-state index >= 15 is 0 Å². The third kappa shape index (κ3) is 3.04. The zero-order valence-corrected chi connectivity index (χ0v) is 17.7. The van der Waals surface area contributed by atoms with Crippen LogP contribution in [0.4, 0.5) is 0 Å². The lowest BCUT2D eigenvalue weighted by Gasteiger charge is -2.59. The van der Waals surface area contributed by atoms with Gasteiger partial charge in [-0.1, -0.05) is 32.4 Å². The Labute approximate surface area is 172 Å². The molecule has 0 radical (unpaired) electrons. The van der Waals surface area contributed by atoms with Crippen molar-refractivity contribution in [3.63, 3.8) is 0 Å². The van der Waals surface area contributed by atoms with E-state index in [2.05, 4.69) is 19.9 Å². The maximum atomic E-state index is 11.9. The summed E-state index contributed by atoms with van der Waals surface area (Å²) in [7, 11) is 0. The molecule has 4 aliphatic rings. The van der Waals surface area contributed by atoms with Crippen molar-refractivity contribution >= 4 is 11.8 Å². The molecule has 0 amide bonds. The monoisotopic (exact) mass is 402 g/mol.